The molecule has 1 aromatic carbocycles. The first kappa shape index (κ1) is 15.2. The molecule has 0 aliphatic rings. The highest BCUT2D eigenvalue weighted by Crippen LogP contribution is 2.24. The minimum Gasteiger partial charge on any atom is -0.478 e. The van der Waals surface area contributed by atoms with Gasteiger partial charge in [-0.05, 0) is 18.6 Å². The average Bonchev–Trinajstić information content (AvgIpc) is 2.33. The number of hydrogen-bond donors (Lipinski definition) is 4. The Morgan fingerprint density at radius 3 is 2.79 bits per heavy atom. The fraction of sp³-hybridized carbons (Fsp3) is 0.417. The number of ether oxygens (including phenoxy) is 1. The Bertz CT molecular complexity index is 448. The standard InChI is InChI=1S/C12H17FN2O4/c1-19-6-7(2-3-16)15-11-5-9(13)8(12(17)18)4-10(11)14/h4-5,7,15-16H,2-3,6,14H2,1H3,(H,17,18). The smallest absolute Gasteiger partial charge is 0.338 e. The lowest BCUT2D eigenvalue weighted by Gasteiger charge is -2.19. The highest BCUT2D eigenvalue weighted by atomic mass is 19.1. The van der Waals surface area contributed by atoms with Crippen molar-refractivity contribution in [3.8, 4) is 0 Å². The van der Waals surface area contributed by atoms with E-state index in [2.05, 4.69) is 5.32 Å². The van der Waals surface area contributed by atoms with E-state index >= 15 is 0 Å². The number of halogens is 1. The van der Waals surface area contributed by atoms with Gasteiger partial charge in [0.25, 0.3) is 0 Å². The predicted octanol–water partition coefficient (Wildman–Crippen LogP) is 0.915. The minimum absolute atomic E-state index is 0.0589. The Kier molecular flexibility index (Phi) is 5.53. The maximum Gasteiger partial charge on any atom is 0.338 e. The molecule has 1 rings (SSSR count). The summed E-state index contributed by atoms with van der Waals surface area (Å²) in [5.74, 6) is -2.25. The van der Waals surface area contributed by atoms with Gasteiger partial charge in [-0.1, -0.05) is 0 Å². The molecule has 1 aromatic rings. The molecule has 0 fully saturated rings. The quantitative estimate of drug-likeness (QED) is 0.550. The number of nitrogens with one attached hydrogen (secondary N) is 1. The number of carboxylic acid groups (broad SMARTS) is 1. The number of hydrogen-bond acceptors (Lipinski definition) is 5. The van der Waals surface area contributed by atoms with Gasteiger partial charge in [0.2, 0.25) is 0 Å². The van der Waals surface area contributed by atoms with E-state index in [0.717, 1.165) is 12.1 Å². The monoisotopic (exact) mass is 272 g/mol. The number of aliphatic hydroxyl groups excluding tert-OH is 1. The van der Waals surface area contributed by atoms with E-state index in [1.54, 1.807) is 0 Å². The summed E-state index contributed by atoms with van der Waals surface area (Å²) in [6, 6.07) is 1.84. The first-order valence-corrected chi connectivity index (χ1v) is 5.68. The van der Waals surface area contributed by atoms with Gasteiger partial charge in [0.05, 0.1) is 29.6 Å². The van der Waals surface area contributed by atoms with Crippen molar-refractivity contribution in [3.63, 3.8) is 0 Å². The third-order valence-corrected chi connectivity index (χ3v) is 2.57. The van der Waals surface area contributed by atoms with Gasteiger partial charge in [-0.15, -0.1) is 0 Å². The van der Waals surface area contributed by atoms with Crippen LogP contribution in [0.5, 0.6) is 0 Å². The first-order chi connectivity index (χ1) is 8.99. The number of carboxylic acids is 1. The van der Waals surface area contributed by atoms with E-state index in [1.807, 2.05) is 0 Å². The van der Waals surface area contributed by atoms with Crippen LogP contribution in [0.1, 0.15) is 16.8 Å². The highest BCUT2D eigenvalue weighted by molar-refractivity contribution is 5.90. The van der Waals surface area contributed by atoms with Gasteiger partial charge >= 0.3 is 5.97 Å². The van der Waals surface area contributed by atoms with Crippen molar-refractivity contribution in [2.75, 3.05) is 31.4 Å². The number of carbonyl (C=O) groups is 1. The molecule has 0 radical (unpaired) electrons. The zero-order chi connectivity index (χ0) is 14.4. The van der Waals surface area contributed by atoms with Crippen LogP contribution in [0.3, 0.4) is 0 Å². The maximum absolute atomic E-state index is 13.5. The van der Waals surface area contributed by atoms with E-state index in [4.69, 9.17) is 20.7 Å². The fourth-order valence-electron chi connectivity index (χ4n) is 1.65. The molecule has 106 valence electrons. The molecule has 1 atom stereocenters. The van der Waals surface area contributed by atoms with Crippen molar-refractivity contribution in [2.24, 2.45) is 0 Å². The SMILES string of the molecule is COCC(CCO)Nc1cc(F)c(C(=O)O)cc1N. The summed E-state index contributed by atoms with van der Waals surface area (Å²) >= 11 is 0. The van der Waals surface area contributed by atoms with Crippen LogP contribution in [0.4, 0.5) is 15.8 Å². The largest absolute Gasteiger partial charge is 0.478 e. The van der Waals surface area contributed by atoms with E-state index in [-0.39, 0.29) is 24.0 Å². The molecule has 0 spiro atoms. The highest BCUT2D eigenvalue weighted by Gasteiger charge is 2.16. The normalized spacial score (nSPS) is 12.2. The number of benzene rings is 1. The van der Waals surface area contributed by atoms with E-state index in [1.165, 1.54) is 7.11 Å². The molecule has 0 heterocycles. The van der Waals surface area contributed by atoms with Gasteiger partial charge in [-0.3, -0.25) is 0 Å². The number of anilines is 2. The topological polar surface area (TPSA) is 105 Å². The third kappa shape index (κ3) is 4.08. The molecular formula is C12H17FN2O4. The average molecular weight is 272 g/mol. The van der Waals surface area contributed by atoms with E-state index in [9.17, 15) is 9.18 Å². The zero-order valence-electron chi connectivity index (χ0n) is 10.5. The van der Waals surface area contributed by atoms with Gasteiger partial charge in [0, 0.05) is 13.7 Å². The summed E-state index contributed by atoms with van der Waals surface area (Å²) in [7, 11) is 1.50. The van der Waals surface area contributed by atoms with Crippen molar-refractivity contribution in [1.82, 2.24) is 0 Å². The Morgan fingerprint density at radius 1 is 1.58 bits per heavy atom. The number of aromatic carboxylic acids is 1. The van der Waals surface area contributed by atoms with Crippen molar-refractivity contribution in [2.45, 2.75) is 12.5 Å². The Hall–Kier alpha value is -1.86. The number of methoxy groups -OCH3 is 1. The second-order valence-corrected chi connectivity index (χ2v) is 4.03. The molecular weight excluding hydrogens is 255 g/mol. The van der Waals surface area contributed by atoms with E-state index < -0.39 is 17.3 Å². The lowest BCUT2D eigenvalue weighted by molar-refractivity contribution is 0.0692. The summed E-state index contributed by atoms with van der Waals surface area (Å²) in [5, 5.41) is 20.6. The van der Waals surface area contributed by atoms with Crippen LogP contribution in [0.2, 0.25) is 0 Å². The third-order valence-electron chi connectivity index (χ3n) is 2.57. The van der Waals surface area contributed by atoms with Crippen LogP contribution < -0.4 is 11.1 Å². The molecule has 0 amide bonds. The van der Waals surface area contributed by atoms with Crippen molar-refractivity contribution in [1.29, 1.82) is 0 Å². The van der Waals surface area contributed by atoms with Crippen molar-refractivity contribution < 1.29 is 24.1 Å². The lowest BCUT2D eigenvalue weighted by atomic mass is 10.1. The Labute approximate surface area is 110 Å². The van der Waals surface area contributed by atoms with Gasteiger partial charge < -0.3 is 26.0 Å². The summed E-state index contributed by atoms with van der Waals surface area (Å²) in [5.41, 5.74) is 5.59. The number of rotatable bonds is 7. The number of nitrogens with two attached hydrogens (primary N) is 1. The summed E-state index contributed by atoms with van der Waals surface area (Å²) in [6.45, 7) is 0.249. The molecule has 0 aliphatic heterocycles. The van der Waals surface area contributed by atoms with Gasteiger partial charge in [0.1, 0.15) is 5.82 Å². The summed E-state index contributed by atoms with van der Waals surface area (Å²) in [4.78, 5) is 10.7. The Balaban J connectivity index is 2.94. The van der Waals surface area contributed by atoms with Gasteiger partial charge in [-0.2, -0.15) is 0 Å². The minimum atomic E-state index is -1.38. The summed E-state index contributed by atoms with van der Waals surface area (Å²) < 4.78 is 18.5. The van der Waals surface area contributed by atoms with Crippen LogP contribution >= 0.6 is 0 Å². The zero-order valence-corrected chi connectivity index (χ0v) is 10.5. The van der Waals surface area contributed by atoms with Gasteiger partial charge in [-0.25, -0.2) is 9.18 Å². The van der Waals surface area contributed by atoms with Crippen LogP contribution in [-0.4, -0.2) is 42.5 Å². The number of nitrogen functional groups attached to an aromatic ring is 1. The Morgan fingerprint density at radius 2 is 2.26 bits per heavy atom. The number of aliphatic hydroxyl groups is 1. The molecule has 0 saturated carbocycles. The summed E-state index contributed by atoms with van der Waals surface area (Å²) in [6.07, 6.45) is 0.398. The first-order valence-electron chi connectivity index (χ1n) is 5.68. The molecule has 5 N–H and O–H groups in total. The van der Waals surface area contributed by atoms with Crippen LogP contribution in [0.15, 0.2) is 12.1 Å². The molecule has 1 unspecified atom stereocenters. The molecule has 0 saturated heterocycles. The van der Waals surface area contributed by atoms with Crippen molar-refractivity contribution >= 4 is 17.3 Å². The molecule has 0 aliphatic carbocycles. The van der Waals surface area contributed by atoms with Crippen LogP contribution in [-0.2, 0) is 4.74 Å². The van der Waals surface area contributed by atoms with Crippen LogP contribution in [0.25, 0.3) is 0 Å². The van der Waals surface area contributed by atoms with Crippen LogP contribution in [0, 0.1) is 5.82 Å². The maximum atomic E-state index is 13.5. The predicted molar refractivity (Wildman–Crippen MR) is 68.8 cm³/mol. The van der Waals surface area contributed by atoms with E-state index in [0.29, 0.717) is 13.0 Å². The second-order valence-electron chi connectivity index (χ2n) is 4.03. The molecule has 19 heavy (non-hydrogen) atoms. The second kappa shape index (κ2) is 6.91. The molecule has 7 heteroatoms. The van der Waals surface area contributed by atoms with Crippen molar-refractivity contribution in [3.05, 3.63) is 23.5 Å². The molecule has 0 bridgehead atoms. The molecule has 6 nitrogen and oxygen atoms in total. The fourth-order valence-corrected chi connectivity index (χ4v) is 1.65. The lowest BCUT2D eigenvalue weighted by Crippen LogP contribution is -2.26. The van der Waals surface area contributed by atoms with Gasteiger partial charge in [0.15, 0.2) is 0 Å². The molecule has 0 aromatic heterocycles.